The fourth-order valence-electron chi connectivity index (χ4n) is 2.51. The first-order valence-corrected chi connectivity index (χ1v) is 6.81. The lowest BCUT2D eigenvalue weighted by molar-refractivity contribution is 0.228. The van der Waals surface area contributed by atoms with Crippen LogP contribution >= 0.6 is 0 Å². The number of phenols is 1. The number of aromatic hydroxyl groups is 1. The predicted molar refractivity (Wildman–Crippen MR) is 79.1 cm³/mol. The Kier molecular flexibility index (Phi) is 4.15. The van der Waals surface area contributed by atoms with Crippen LogP contribution in [0.15, 0.2) is 18.2 Å². The quantitative estimate of drug-likeness (QED) is 0.756. The maximum Gasteiger partial charge on any atom is 0.118 e. The molecule has 0 amide bonds. The highest BCUT2D eigenvalue weighted by Gasteiger charge is 2.31. The molecule has 0 spiro atoms. The Balaban J connectivity index is 3.23. The summed E-state index contributed by atoms with van der Waals surface area (Å²) >= 11 is 0. The Morgan fingerprint density at radius 3 is 2.06 bits per heavy atom. The fraction of sp³-hybridized carbons (Fsp3) is 0.647. The van der Waals surface area contributed by atoms with Crippen LogP contribution < -0.4 is 0 Å². The lowest BCUT2D eigenvalue weighted by atomic mass is 9.68. The number of hydrogen-bond donors (Lipinski definition) is 1. The van der Waals surface area contributed by atoms with Crippen molar-refractivity contribution < 1.29 is 5.11 Å². The van der Waals surface area contributed by atoms with Crippen molar-refractivity contribution in [3.05, 3.63) is 29.3 Å². The van der Waals surface area contributed by atoms with E-state index in [4.69, 9.17) is 0 Å². The van der Waals surface area contributed by atoms with Gasteiger partial charge < -0.3 is 5.11 Å². The van der Waals surface area contributed by atoms with Crippen LogP contribution in [0.25, 0.3) is 0 Å². The van der Waals surface area contributed by atoms with E-state index in [9.17, 15) is 5.11 Å². The molecule has 1 nitrogen and oxygen atoms in total. The Labute approximate surface area is 112 Å². The second-order valence-electron chi connectivity index (χ2n) is 7.67. The third-order valence-corrected chi connectivity index (χ3v) is 3.58. The molecule has 0 saturated heterocycles. The van der Waals surface area contributed by atoms with Gasteiger partial charge in [-0.1, -0.05) is 53.7 Å². The van der Waals surface area contributed by atoms with Gasteiger partial charge >= 0.3 is 0 Å². The van der Waals surface area contributed by atoms with Crippen molar-refractivity contribution in [3.8, 4) is 5.75 Å². The van der Waals surface area contributed by atoms with E-state index in [-0.39, 0.29) is 10.8 Å². The van der Waals surface area contributed by atoms with Gasteiger partial charge in [-0.05, 0) is 47.3 Å². The van der Waals surface area contributed by atoms with Gasteiger partial charge in [-0.25, -0.2) is 0 Å². The van der Waals surface area contributed by atoms with Crippen LogP contribution in [0, 0.1) is 17.8 Å². The molecule has 18 heavy (non-hydrogen) atoms. The summed E-state index contributed by atoms with van der Waals surface area (Å²) in [5.41, 5.74) is 2.81. The van der Waals surface area contributed by atoms with Crippen molar-refractivity contribution in [2.45, 2.75) is 60.8 Å². The van der Waals surface area contributed by atoms with E-state index in [1.165, 1.54) is 5.56 Å². The Morgan fingerprint density at radius 2 is 1.61 bits per heavy atom. The van der Waals surface area contributed by atoms with Crippen molar-refractivity contribution in [2.75, 3.05) is 0 Å². The van der Waals surface area contributed by atoms with Crippen LogP contribution in [0.1, 0.15) is 65.0 Å². The summed E-state index contributed by atoms with van der Waals surface area (Å²) in [7, 11) is 0. The number of hydrogen-bond acceptors (Lipinski definition) is 1. The minimum absolute atomic E-state index is 0.200. The summed E-state index contributed by atoms with van der Waals surface area (Å²) in [6.45, 7) is 15.7. The zero-order valence-electron chi connectivity index (χ0n) is 13.0. The molecule has 0 bridgehead atoms. The SMILES string of the molecule is Cc1c(O)cccc1C(CC(C)(C)C)C(C)(C)C. The van der Waals surface area contributed by atoms with Crippen molar-refractivity contribution >= 4 is 0 Å². The highest BCUT2D eigenvalue weighted by atomic mass is 16.3. The number of benzene rings is 1. The highest BCUT2D eigenvalue weighted by Crippen LogP contribution is 2.45. The minimum atomic E-state index is 0.200. The van der Waals surface area contributed by atoms with Gasteiger partial charge in [0.2, 0.25) is 0 Å². The average molecular weight is 248 g/mol. The molecule has 0 heterocycles. The molecule has 0 aliphatic rings. The lowest BCUT2D eigenvalue weighted by Gasteiger charge is -2.37. The molecular weight excluding hydrogens is 220 g/mol. The molecular formula is C17H28O. The van der Waals surface area contributed by atoms with E-state index in [0.29, 0.717) is 11.7 Å². The minimum Gasteiger partial charge on any atom is -0.508 e. The van der Waals surface area contributed by atoms with Gasteiger partial charge in [0.25, 0.3) is 0 Å². The van der Waals surface area contributed by atoms with Gasteiger partial charge in [0.15, 0.2) is 0 Å². The van der Waals surface area contributed by atoms with E-state index >= 15 is 0 Å². The van der Waals surface area contributed by atoms with Crippen molar-refractivity contribution in [3.63, 3.8) is 0 Å². The molecule has 1 rings (SSSR count). The normalized spacial score (nSPS) is 14.6. The van der Waals surface area contributed by atoms with Crippen LogP contribution in [-0.2, 0) is 0 Å². The topological polar surface area (TPSA) is 20.2 Å². The summed E-state index contributed by atoms with van der Waals surface area (Å²) in [4.78, 5) is 0. The van der Waals surface area contributed by atoms with E-state index in [2.05, 4.69) is 47.6 Å². The number of phenolic OH excluding ortho intramolecular Hbond substituents is 1. The molecule has 1 N–H and O–H groups in total. The zero-order valence-corrected chi connectivity index (χ0v) is 13.0. The Morgan fingerprint density at radius 1 is 1.06 bits per heavy atom. The third-order valence-electron chi connectivity index (χ3n) is 3.58. The summed E-state index contributed by atoms with van der Waals surface area (Å²) in [6.07, 6.45) is 1.13. The second kappa shape index (κ2) is 4.95. The molecule has 0 aliphatic heterocycles. The molecule has 1 unspecified atom stereocenters. The standard InChI is InChI=1S/C17H28O/c1-12-13(9-8-10-15(12)18)14(17(5,6)7)11-16(2,3)4/h8-10,14,18H,11H2,1-7H3. The largest absolute Gasteiger partial charge is 0.508 e. The third kappa shape index (κ3) is 3.76. The molecule has 1 aromatic rings. The summed E-state index contributed by atoms with van der Waals surface area (Å²) in [6, 6.07) is 5.89. The maximum absolute atomic E-state index is 9.91. The van der Waals surface area contributed by atoms with Gasteiger partial charge in [-0.3, -0.25) is 0 Å². The van der Waals surface area contributed by atoms with Gasteiger partial charge in [-0.2, -0.15) is 0 Å². The summed E-state index contributed by atoms with van der Waals surface area (Å²) < 4.78 is 0. The monoisotopic (exact) mass is 248 g/mol. The molecule has 1 atom stereocenters. The van der Waals surface area contributed by atoms with Gasteiger partial charge in [0, 0.05) is 0 Å². The van der Waals surface area contributed by atoms with Gasteiger partial charge in [0.05, 0.1) is 0 Å². The zero-order chi connectivity index (χ0) is 14.1. The molecule has 0 saturated carbocycles. The second-order valence-corrected chi connectivity index (χ2v) is 7.67. The van der Waals surface area contributed by atoms with E-state index < -0.39 is 0 Å². The van der Waals surface area contributed by atoms with Crippen LogP contribution in [0.5, 0.6) is 5.75 Å². The number of rotatable bonds is 2. The Bertz CT molecular complexity index is 405. The van der Waals surface area contributed by atoms with Crippen molar-refractivity contribution in [1.82, 2.24) is 0 Å². The molecule has 102 valence electrons. The molecule has 0 aromatic heterocycles. The molecule has 1 heteroatoms. The summed E-state index contributed by atoms with van der Waals surface area (Å²) in [5.74, 6) is 0.875. The molecule has 0 radical (unpaired) electrons. The van der Waals surface area contributed by atoms with Crippen LogP contribution in [0.4, 0.5) is 0 Å². The molecule has 0 aliphatic carbocycles. The first-order valence-electron chi connectivity index (χ1n) is 6.81. The highest BCUT2D eigenvalue weighted by molar-refractivity contribution is 5.40. The van der Waals surface area contributed by atoms with Gasteiger partial charge in [0.1, 0.15) is 5.75 Å². The first-order chi connectivity index (χ1) is 8.02. The molecule has 0 fully saturated rings. The predicted octanol–water partition coefficient (Wildman–Crippen LogP) is 5.27. The lowest BCUT2D eigenvalue weighted by Crippen LogP contribution is -2.24. The smallest absolute Gasteiger partial charge is 0.118 e. The van der Waals surface area contributed by atoms with E-state index in [0.717, 1.165) is 12.0 Å². The van der Waals surface area contributed by atoms with Crippen LogP contribution in [-0.4, -0.2) is 5.11 Å². The average Bonchev–Trinajstić information content (AvgIpc) is 2.16. The fourth-order valence-corrected chi connectivity index (χ4v) is 2.51. The Hall–Kier alpha value is -0.980. The maximum atomic E-state index is 9.91. The van der Waals surface area contributed by atoms with Crippen molar-refractivity contribution in [1.29, 1.82) is 0 Å². The van der Waals surface area contributed by atoms with E-state index in [1.807, 2.05) is 13.0 Å². The van der Waals surface area contributed by atoms with Crippen LogP contribution in [0.3, 0.4) is 0 Å². The van der Waals surface area contributed by atoms with Crippen molar-refractivity contribution in [2.24, 2.45) is 10.8 Å². The molecule has 1 aromatic carbocycles. The van der Waals surface area contributed by atoms with Gasteiger partial charge in [-0.15, -0.1) is 0 Å². The first kappa shape index (κ1) is 15.1. The van der Waals surface area contributed by atoms with Crippen LogP contribution in [0.2, 0.25) is 0 Å². The summed E-state index contributed by atoms with van der Waals surface area (Å²) in [5, 5.41) is 9.91. The van der Waals surface area contributed by atoms with E-state index in [1.54, 1.807) is 6.07 Å².